The first-order valence-electron chi connectivity index (χ1n) is 7.17. The van der Waals surface area contributed by atoms with Crippen LogP contribution in [-0.2, 0) is 14.3 Å². The molecule has 1 aromatic rings. The van der Waals surface area contributed by atoms with Gasteiger partial charge < -0.3 is 15.4 Å². The van der Waals surface area contributed by atoms with Crippen molar-refractivity contribution in [2.75, 3.05) is 19.7 Å². The van der Waals surface area contributed by atoms with Crippen LogP contribution in [0.25, 0.3) is 0 Å². The Kier molecular flexibility index (Phi) is 5.31. The number of ketones is 1. The Morgan fingerprint density at radius 2 is 2.09 bits per heavy atom. The van der Waals surface area contributed by atoms with Crippen LogP contribution in [-0.4, -0.2) is 48.3 Å². The fraction of sp³-hybridized carbons (Fsp3) is 0.533. The van der Waals surface area contributed by atoms with Gasteiger partial charge in [-0.1, -0.05) is 0 Å². The molecular weight excluding hydrogens is 304 g/mol. The summed E-state index contributed by atoms with van der Waals surface area (Å²) in [6.07, 6.45) is -0.442. The van der Waals surface area contributed by atoms with Gasteiger partial charge in [-0.3, -0.25) is 14.4 Å². The molecule has 0 unspecified atom stereocenters. The summed E-state index contributed by atoms with van der Waals surface area (Å²) in [4.78, 5) is 39.1. The van der Waals surface area contributed by atoms with E-state index in [0.29, 0.717) is 12.1 Å². The lowest BCUT2D eigenvalue weighted by atomic mass is 10.1. The number of primary amides is 1. The zero-order valence-electron chi connectivity index (χ0n) is 12.8. The molecule has 2 heterocycles. The van der Waals surface area contributed by atoms with Crippen molar-refractivity contribution in [3.63, 3.8) is 0 Å². The highest BCUT2D eigenvalue weighted by Gasteiger charge is 2.27. The minimum absolute atomic E-state index is 0.0186. The lowest BCUT2D eigenvalue weighted by Gasteiger charge is -2.31. The van der Waals surface area contributed by atoms with Gasteiger partial charge >= 0.3 is 0 Å². The van der Waals surface area contributed by atoms with Crippen LogP contribution in [0.15, 0.2) is 6.07 Å². The third kappa shape index (κ3) is 3.92. The van der Waals surface area contributed by atoms with Crippen LogP contribution in [0.5, 0.6) is 0 Å². The SMILES string of the molecule is Cc1cc(C(=O)CCC(=O)N2CCO[C@@H](C(N)=O)C2)c(C)s1. The zero-order chi connectivity index (χ0) is 16.3. The summed E-state index contributed by atoms with van der Waals surface area (Å²) in [7, 11) is 0. The van der Waals surface area contributed by atoms with Crippen LogP contribution >= 0.6 is 11.3 Å². The monoisotopic (exact) mass is 324 g/mol. The molecule has 2 N–H and O–H groups in total. The number of rotatable bonds is 5. The fourth-order valence-corrected chi connectivity index (χ4v) is 3.41. The maximum absolute atomic E-state index is 12.2. The van der Waals surface area contributed by atoms with Gasteiger partial charge in [0.1, 0.15) is 0 Å². The van der Waals surface area contributed by atoms with Crippen LogP contribution < -0.4 is 5.73 Å². The molecule has 6 nitrogen and oxygen atoms in total. The van der Waals surface area contributed by atoms with Crippen molar-refractivity contribution < 1.29 is 19.1 Å². The number of thiophene rings is 1. The van der Waals surface area contributed by atoms with E-state index < -0.39 is 12.0 Å². The molecule has 120 valence electrons. The maximum Gasteiger partial charge on any atom is 0.248 e. The van der Waals surface area contributed by atoms with Gasteiger partial charge in [0.2, 0.25) is 11.8 Å². The second-order valence-corrected chi connectivity index (χ2v) is 6.81. The Balaban J connectivity index is 1.88. The molecule has 1 atom stereocenters. The van der Waals surface area contributed by atoms with Crippen molar-refractivity contribution in [3.05, 3.63) is 21.4 Å². The van der Waals surface area contributed by atoms with Crippen molar-refractivity contribution in [2.45, 2.75) is 32.8 Å². The van der Waals surface area contributed by atoms with E-state index in [4.69, 9.17) is 10.5 Å². The molecule has 1 aliphatic rings. The summed E-state index contributed by atoms with van der Waals surface area (Å²) in [6.45, 7) is 4.74. The Labute approximate surface area is 133 Å². The van der Waals surface area contributed by atoms with E-state index in [0.717, 1.165) is 9.75 Å². The van der Waals surface area contributed by atoms with Gasteiger partial charge in [-0.25, -0.2) is 0 Å². The number of ether oxygens (including phenoxy) is 1. The molecule has 2 rings (SSSR count). The summed E-state index contributed by atoms with van der Waals surface area (Å²) < 4.78 is 5.20. The number of aryl methyl sites for hydroxylation is 2. The lowest BCUT2D eigenvalue weighted by molar-refractivity contribution is -0.145. The molecule has 2 amide bonds. The standard InChI is InChI=1S/C15H20N2O4S/c1-9-7-11(10(2)22-9)12(18)3-4-14(19)17-5-6-21-13(8-17)15(16)20/h7,13H,3-6,8H2,1-2H3,(H2,16,20)/t13-/m1/s1. The highest BCUT2D eigenvalue weighted by Crippen LogP contribution is 2.22. The van der Waals surface area contributed by atoms with Crippen LogP contribution in [0, 0.1) is 13.8 Å². The lowest BCUT2D eigenvalue weighted by Crippen LogP contribution is -2.50. The molecule has 0 saturated carbocycles. The van der Waals surface area contributed by atoms with Gasteiger partial charge in [-0.2, -0.15) is 0 Å². The van der Waals surface area contributed by atoms with Crippen LogP contribution in [0.1, 0.15) is 33.0 Å². The van der Waals surface area contributed by atoms with Gasteiger partial charge in [0.05, 0.1) is 13.2 Å². The first-order chi connectivity index (χ1) is 10.4. The van der Waals surface area contributed by atoms with Crippen molar-refractivity contribution in [1.82, 2.24) is 4.90 Å². The van der Waals surface area contributed by atoms with Crippen molar-refractivity contribution in [1.29, 1.82) is 0 Å². The largest absolute Gasteiger partial charge is 0.367 e. The van der Waals surface area contributed by atoms with Crippen molar-refractivity contribution >= 4 is 28.9 Å². The number of nitrogens with two attached hydrogens (primary N) is 1. The minimum atomic E-state index is -0.754. The van der Waals surface area contributed by atoms with E-state index in [1.54, 1.807) is 11.3 Å². The summed E-state index contributed by atoms with van der Waals surface area (Å²) >= 11 is 1.58. The minimum Gasteiger partial charge on any atom is -0.367 e. The molecule has 0 aliphatic carbocycles. The predicted molar refractivity (Wildman–Crippen MR) is 82.9 cm³/mol. The van der Waals surface area contributed by atoms with E-state index in [-0.39, 0.29) is 37.7 Å². The van der Waals surface area contributed by atoms with E-state index in [1.165, 1.54) is 4.90 Å². The average molecular weight is 324 g/mol. The van der Waals surface area contributed by atoms with Crippen molar-refractivity contribution in [3.8, 4) is 0 Å². The number of carbonyl (C=O) groups is 3. The summed E-state index contributed by atoms with van der Waals surface area (Å²) in [5.41, 5.74) is 5.89. The molecule has 0 radical (unpaired) electrons. The van der Waals surface area contributed by atoms with E-state index >= 15 is 0 Å². The molecule has 7 heteroatoms. The molecular formula is C15H20N2O4S. The molecule has 22 heavy (non-hydrogen) atoms. The summed E-state index contributed by atoms with van der Waals surface area (Å²) in [6, 6.07) is 1.87. The van der Waals surface area contributed by atoms with Gasteiger partial charge in [-0.05, 0) is 19.9 Å². The second kappa shape index (κ2) is 7.02. The van der Waals surface area contributed by atoms with E-state index in [2.05, 4.69) is 0 Å². The Morgan fingerprint density at radius 1 is 1.36 bits per heavy atom. The zero-order valence-corrected chi connectivity index (χ0v) is 13.6. The Hall–Kier alpha value is -1.73. The Bertz CT molecular complexity index is 596. The van der Waals surface area contributed by atoms with Crippen LogP contribution in [0.2, 0.25) is 0 Å². The predicted octanol–water partition coefficient (Wildman–Crippen LogP) is 1.04. The fourth-order valence-electron chi connectivity index (χ4n) is 2.47. The average Bonchev–Trinajstić information content (AvgIpc) is 2.83. The summed E-state index contributed by atoms with van der Waals surface area (Å²) in [5.74, 6) is -0.736. The molecule has 0 spiro atoms. The molecule has 1 fully saturated rings. The maximum atomic E-state index is 12.2. The van der Waals surface area contributed by atoms with Crippen molar-refractivity contribution in [2.24, 2.45) is 5.73 Å². The molecule has 1 aliphatic heterocycles. The number of morpholine rings is 1. The number of hydrogen-bond acceptors (Lipinski definition) is 5. The number of nitrogens with zero attached hydrogens (tertiary/aromatic N) is 1. The van der Waals surface area contributed by atoms with Gasteiger partial charge in [-0.15, -0.1) is 11.3 Å². The van der Waals surface area contributed by atoms with Gasteiger partial charge in [0, 0.05) is 34.7 Å². The number of amides is 2. The van der Waals surface area contributed by atoms with Gasteiger partial charge in [0.25, 0.3) is 0 Å². The quantitative estimate of drug-likeness (QED) is 0.820. The van der Waals surface area contributed by atoms with E-state index in [9.17, 15) is 14.4 Å². The highest BCUT2D eigenvalue weighted by molar-refractivity contribution is 7.12. The highest BCUT2D eigenvalue weighted by atomic mass is 32.1. The van der Waals surface area contributed by atoms with Crippen LogP contribution in [0.3, 0.4) is 0 Å². The molecule has 1 aromatic heterocycles. The summed E-state index contributed by atoms with van der Waals surface area (Å²) in [5, 5.41) is 0. The van der Waals surface area contributed by atoms with Crippen LogP contribution in [0.4, 0.5) is 0 Å². The molecule has 1 saturated heterocycles. The van der Waals surface area contributed by atoms with E-state index in [1.807, 2.05) is 19.9 Å². The topological polar surface area (TPSA) is 89.7 Å². The third-order valence-electron chi connectivity index (χ3n) is 3.64. The molecule has 0 aromatic carbocycles. The second-order valence-electron chi connectivity index (χ2n) is 5.35. The first-order valence-corrected chi connectivity index (χ1v) is 7.99. The number of hydrogen-bond donors (Lipinski definition) is 1. The third-order valence-corrected chi connectivity index (χ3v) is 4.61. The number of carbonyl (C=O) groups excluding carboxylic acids is 3. The number of Topliss-reactive ketones (excluding diaryl/α,β-unsaturated/α-hetero) is 1. The molecule has 0 bridgehead atoms. The normalized spacial score (nSPS) is 18.3. The van der Waals surface area contributed by atoms with Gasteiger partial charge in [0.15, 0.2) is 11.9 Å². The first kappa shape index (κ1) is 16.6. The Morgan fingerprint density at radius 3 is 2.68 bits per heavy atom. The smallest absolute Gasteiger partial charge is 0.248 e.